The summed E-state index contributed by atoms with van der Waals surface area (Å²) in [5.74, 6) is -0.258. The highest BCUT2D eigenvalue weighted by Crippen LogP contribution is 2.31. The third-order valence-corrected chi connectivity index (χ3v) is 4.41. The van der Waals surface area contributed by atoms with Crippen LogP contribution in [0.3, 0.4) is 0 Å². The van der Waals surface area contributed by atoms with Crippen molar-refractivity contribution in [3.63, 3.8) is 0 Å². The third kappa shape index (κ3) is 5.09. The summed E-state index contributed by atoms with van der Waals surface area (Å²) in [7, 11) is 0. The van der Waals surface area contributed by atoms with Gasteiger partial charge in [0.2, 0.25) is 11.3 Å². The number of nitrogens with one attached hydrogen (secondary N) is 2. The number of anilines is 3. The number of alkyl halides is 3. The van der Waals surface area contributed by atoms with Crippen LogP contribution in [0.2, 0.25) is 0 Å². The Morgan fingerprint density at radius 1 is 1.06 bits per heavy atom. The van der Waals surface area contributed by atoms with Gasteiger partial charge in [-0.1, -0.05) is 18.2 Å². The number of carbonyl (C=O) groups is 1. The molecule has 0 saturated heterocycles. The summed E-state index contributed by atoms with van der Waals surface area (Å²) in [6.45, 7) is 1.96. The van der Waals surface area contributed by atoms with E-state index in [0.29, 0.717) is 11.3 Å². The molecule has 0 radical (unpaired) electrons. The van der Waals surface area contributed by atoms with Crippen LogP contribution in [-0.4, -0.2) is 39.1 Å². The summed E-state index contributed by atoms with van der Waals surface area (Å²) in [5, 5.41) is 14.1. The molecule has 0 saturated carbocycles. The second-order valence-electron chi connectivity index (χ2n) is 6.71. The van der Waals surface area contributed by atoms with Gasteiger partial charge < -0.3 is 10.1 Å². The Morgan fingerprint density at radius 2 is 1.74 bits per heavy atom. The van der Waals surface area contributed by atoms with Crippen molar-refractivity contribution in [3.05, 3.63) is 65.2 Å². The Hall–Kier alpha value is -4.55. The van der Waals surface area contributed by atoms with Crippen LogP contribution in [0.25, 0.3) is 11.3 Å². The molecule has 0 aliphatic rings. The van der Waals surface area contributed by atoms with Gasteiger partial charge >= 0.3 is 12.1 Å². The summed E-state index contributed by atoms with van der Waals surface area (Å²) in [5.41, 5.74) is 2.67. The lowest BCUT2D eigenvalue weighted by atomic mass is 10.1. The van der Waals surface area contributed by atoms with Crippen molar-refractivity contribution in [2.24, 2.45) is 5.10 Å². The van der Waals surface area contributed by atoms with Gasteiger partial charge in [-0.25, -0.2) is 14.4 Å². The third-order valence-electron chi connectivity index (χ3n) is 4.41. The quantitative estimate of drug-likeness (QED) is 0.229. The van der Waals surface area contributed by atoms with E-state index in [1.165, 1.54) is 18.2 Å². The van der Waals surface area contributed by atoms with Crippen molar-refractivity contribution < 1.29 is 27.3 Å². The minimum atomic E-state index is -4.53. The zero-order valence-corrected chi connectivity index (χ0v) is 17.5. The molecule has 0 unspecified atom stereocenters. The average Bonchev–Trinajstić information content (AvgIpc) is 3.27. The molecule has 0 bridgehead atoms. The lowest BCUT2D eigenvalue weighted by Crippen LogP contribution is -2.09. The molecule has 13 heteroatoms. The zero-order valence-electron chi connectivity index (χ0n) is 17.5. The summed E-state index contributed by atoms with van der Waals surface area (Å²) >= 11 is 0. The average molecular weight is 471 g/mol. The Kier molecular flexibility index (Phi) is 6.34. The van der Waals surface area contributed by atoms with Crippen LogP contribution in [0.4, 0.5) is 30.5 Å². The number of hydrogen-bond acceptors (Lipinski definition) is 10. The van der Waals surface area contributed by atoms with E-state index in [1.807, 2.05) is 0 Å². The first-order valence-corrected chi connectivity index (χ1v) is 9.85. The maximum Gasteiger partial charge on any atom is 0.417 e. The maximum absolute atomic E-state index is 13.2. The van der Waals surface area contributed by atoms with E-state index in [9.17, 15) is 18.0 Å². The second kappa shape index (κ2) is 9.52. The molecule has 2 N–H and O–H groups in total. The Labute approximate surface area is 189 Å². The van der Waals surface area contributed by atoms with Gasteiger partial charge in [-0.2, -0.15) is 23.3 Å². The molecule has 4 rings (SSSR count). The predicted octanol–water partition coefficient (Wildman–Crippen LogP) is 4.40. The molecule has 10 nitrogen and oxygen atoms in total. The number of hydrazone groups is 1. The number of hydrogen-bond donors (Lipinski definition) is 2. The number of aromatic nitrogens is 4. The van der Waals surface area contributed by atoms with Crippen LogP contribution < -0.4 is 10.7 Å². The van der Waals surface area contributed by atoms with Crippen molar-refractivity contribution in [3.8, 4) is 0 Å². The second-order valence-corrected chi connectivity index (χ2v) is 6.71. The van der Waals surface area contributed by atoms with E-state index < -0.39 is 17.7 Å². The lowest BCUT2D eigenvalue weighted by molar-refractivity contribution is -0.137. The largest absolute Gasteiger partial charge is 0.462 e. The highest BCUT2D eigenvalue weighted by Gasteiger charge is 2.32. The predicted molar refractivity (Wildman–Crippen MR) is 116 cm³/mol. The van der Waals surface area contributed by atoms with Crippen LogP contribution in [0.1, 0.15) is 28.4 Å². The molecule has 34 heavy (non-hydrogen) atoms. The van der Waals surface area contributed by atoms with Crippen LogP contribution in [-0.2, 0) is 10.9 Å². The molecule has 0 aliphatic carbocycles. The van der Waals surface area contributed by atoms with Crippen LogP contribution >= 0.6 is 0 Å². The van der Waals surface area contributed by atoms with Crippen molar-refractivity contribution >= 4 is 40.8 Å². The normalized spacial score (nSPS) is 11.6. The number of benzene rings is 2. The van der Waals surface area contributed by atoms with Gasteiger partial charge in [-0.15, -0.1) is 0 Å². The van der Waals surface area contributed by atoms with Gasteiger partial charge in [0.15, 0.2) is 11.6 Å². The van der Waals surface area contributed by atoms with Crippen LogP contribution in [0, 0.1) is 0 Å². The molecule has 2 heterocycles. The summed E-state index contributed by atoms with van der Waals surface area (Å²) in [6.07, 6.45) is -3.51. The number of esters is 1. The van der Waals surface area contributed by atoms with Gasteiger partial charge in [0, 0.05) is 11.3 Å². The zero-order chi connectivity index (χ0) is 24.1. The van der Waals surface area contributed by atoms with Crippen LogP contribution in [0.5, 0.6) is 0 Å². The smallest absolute Gasteiger partial charge is 0.417 e. The molecular formula is C21H16F3N7O3. The van der Waals surface area contributed by atoms with Crippen molar-refractivity contribution in [1.29, 1.82) is 0 Å². The minimum Gasteiger partial charge on any atom is -0.462 e. The maximum atomic E-state index is 13.2. The number of halogens is 3. The molecular weight excluding hydrogens is 455 g/mol. The fourth-order valence-corrected chi connectivity index (χ4v) is 2.87. The van der Waals surface area contributed by atoms with E-state index in [1.54, 1.807) is 31.2 Å². The number of fused-ring (bicyclic) bond motifs is 1. The number of nitrogens with zero attached hydrogens (tertiary/aromatic N) is 5. The monoisotopic (exact) mass is 471 g/mol. The number of rotatable bonds is 7. The van der Waals surface area contributed by atoms with E-state index in [0.717, 1.165) is 12.3 Å². The molecule has 0 fully saturated rings. The number of carbonyl (C=O) groups excluding carboxylic acids is 1. The highest BCUT2D eigenvalue weighted by molar-refractivity contribution is 5.90. The highest BCUT2D eigenvalue weighted by atomic mass is 19.4. The Balaban J connectivity index is 1.59. The topological polar surface area (TPSA) is 127 Å². The van der Waals surface area contributed by atoms with Crippen molar-refractivity contribution in [1.82, 2.24) is 20.3 Å². The SMILES string of the molecule is CCOC(=O)c1ccc(Nc2nc3nonc3nc2N/N=C/c2ccccc2C(F)(F)F)cc1. The molecule has 4 aromatic rings. The van der Waals surface area contributed by atoms with Crippen molar-refractivity contribution in [2.75, 3.05) is 17.3 Å². The molecule has 2 aromatic heterocycles. The van der Waals surface area contributed by atoms with E-state index in [-0.39, 0.29) is 35.1 Å². The van der Waals surface area contributed by atoms with Crippen molar-refractivity contribution in [2.45, 2.75) is 13.1 Å². The van der Waals surface area contributed by atoms with Gasteiger partial charge in [0.05, 0.1) is 23.9 Å². The standard InChI is InChI=1S/C21H16F3N7O3/c1-2-33-20(32)12-7-9-14(10-8-12)26-16-17(28-19-18(27-16)30-34-31-19)29-25-11-13-5-3-4-6-15(13)21(22,23)24/h3-11H,2H2,1H3,(H,26,27,30)(H,28,29,31)/b25-11+. The van der Waals surface area contributed by atoms with E-state index >= 15 is 0 Å². The summed E-state index contributed by atoms with van der Waals surface area (Å²) < 4.78 is 49.2. The van der Waals surface area contributed by atoms with Crippen LogP contribution in [0.15, 0.2) is 58.3 Å². The first kappa shape index (κ1) is 22.6. The van der Waals surface area contributed by atoms with E-state index in [2.05, 4.69) is 40.8 Å². The first-order valence-electron chi connectivity index (χ1n) is 9.85. The minimum absolute atomic E-state index is 0.0541. The van der Waals surface area contributed by atoms with E-state index in [4.69, 9.17) is 4.74 Å². The molecule has 0 aliphatic heterocycles. The lowest BCUT2D eigenvalue weighted by Gasteiger charge is -2.11. The Morgan fingerprint density at radius 3 is 2.41 bits per heavy atom. The van der Waals surface area contributed by atoms with Gasteiger partial charge in [0.1, 0.15) is 0 Å². The van der Waals surface area contributed by atoms with Gasteiger partial charge in [-0.3, -0.25) is 5.43 Å². The summed E-state index contributed by atoms with van der Waals surface area (Å²) in [4.78, 5) is 20.3. The summed E-state index contributed by atoms with van der Waals surface area (Å²) in [6, 6.07) is 11.4. The molecule has 174 valence electrons. The van der Waals surface area contributed by atoms with Gasteiger partial charge in [-0.05, 0) is 47.6 Å². The molecule has 0 amide bonds. The first-order chi connectivity index (χ1) is 16.3. The number of ether oxygens (including phenoxy) is 1. The molecule has 2 aromatic carbocycles. The Bertz CT molecular complexity index is 1340. The fourth-order valence-electron chi connectivity index (χ4n) is 2.87. The van der Waals surface area contributed by atoms with Gasteiger partial charge in [0.25, 0.3) is 0 Å². The molecule has 0 spiro atoms. The molecule has 0 atom stereocenters. The fraction of sp³-hybridized carbons (Fsp3) is 0.143.